The van der Waals surface area contributed by atoms with Gasteiger partial charge in [-0.2, -0.15) is 0 Å². The highest BCUT2D eigenvalue weighted by Gasteiger charge is 2.31. The summed E-state index contributed by atoms with van der Waals surface area (Å²) in [5, 5.41) is 9.24. The van der Waals surface area contributed by atoms with Gasteiger partial charge in [0, 0.05) is 88.0 Å². The van der Waals surface area contributed by atoms with Gasteiger partial charge in [0.15, 0.2) is 0 Å². The molecule has 0 aliphatic carbocycles. The first-order valence-electron chi connectivity index (χ1n) is 13.9. The van der Waals surface area contributed by atoms with Crippen LogP contribution >= 0.6 is 0 Å². The third-order valence-electron chi connectivity index (χ3n) is 7.91. The average molecular weight is 529 g/mol. The molecular formula is C28H44N6O4. The van der Waals surface area contributed by atoms with Gasteiger partial charge in [0.1, 0.15) is 11.4 Å². The van der Waals surface area contributed by atoms with Gasteiger partial charge in [-0.15, -0.1) is 0 Å². The summed E-state index contributed by atoms with van der Waals surface area (Å²) in [6.07, 6.45) is 4.70. The van der Waals surface area contributed by atoms with Crippen molar-refractivity contribution >= 4 is 22.7 Å². The second-order valence-electron chi connectivity index (χ2n) is 10.5. The number of Topliss-reactive ketones (excluding diaryl/α,β-unsaturated/α-hetero) is 1. The van der Waals surface area contributed by atoms with Gasteiger partial charge in [-0.05, 0) is 38.8 Å². The minimum atomic E-state index is 0.143. The van der Waals surface area contributed by atoms with E-state index in [1.54, 1.807) is 6.92 Å². The Morgan fingerprint density at radius 3 is 2.55 bits per heavy atom. The predicted octanol–water partition coefficient (Wildman–Crippen LogP) is 2.37. The fourth-order valence-electron chi connectivity index (χ4n) is 5.51. The van der Waals surface area contributed by atoms with Gasteiger partial charge in [-0.3, -0.25) is 9.59 Å². The topological polar surface area (TPSA) is 92.2 Å². The Balaban J connectivity index is 1.19. The van der Waals surface area contributed by atoms with Crippen molar-refractivity contribution < 1.29 is 19.1 Å². The van der Waals surface area contributed by atoms with E-state index in [4.69, 9.17) is 14.5 Å². The molecule has 0 bridgehead atoms. The number of aryl methyl sites for hydroxylation is 1. The van der Waals surface area contributed by atoms with E-state index in [2.05, 4.69) is 47.0 Å². The Hall–Kier alpha value is -2.37. The molecular weight excluding hydrogens is 484 g/mol. The zero-order chi connectivity index (χ0) is 27.1. The third-order valence-corrected chi connectivity index (χ3v) is 7.91. The molecule has 1 unspecified atom stereocenters. The number of nitrogens with zero attached hydrogens (tertiary/aromatic N) is 5. The van der Waals surface area contributed by atoms with Gasteiger partial charge in [0.2, 0.25) is 5.91 Å². The number of likely N-dealkylation sites (tertiary alicyclic amines) is 1. The van der Waals surface area contributed by atoms with Crippen LogP contribution in [0.1, 0.15) is 56.8 Å². The lowest BCUT2D eigenvalue weighted by molar-refractivity contribution is -0.132. The summed E-state index contributed by atoms with van der Waals surface area (Å²) in [6.45, 7) is 9.76. The molecule has 4 heterocycles. The molecule has 2 aliphatic rings. The number of ketones is 1. The van der Waals surface area contributed by atoms with Crippen molar-refractivity contribution in [2.75, 3.05) is 60.2 Å². The molecule has 2 aromatic heterocycles. The Kier molecular flexibility index (Phi) is 10.3. The molecule has 210 valence electrons. The number of nitrogens with one attached hydrogen (secondary N) is 1. The molecule has 1 saturated heterocycles. The monoisotopic (exact) mass is 528 g/mol. The van der Waals surface area contributed by atoms with Crippen molar-refractivity contribution in [2.45, 2.75) is 64.7 Å². The largest absolute Gasteiger partial charge is 0.379 e. The zero-order valence-electron chi connectivity index (χ0n) is 23.4. The summed E-state index contributed by atoms with van der Waals surface area (Å²) in [5.41, 5.74) is 3.58. The molecule has 10 nitrogen and oxygen atoms in total. The van der Waals surface area contributed by atoms with Gasteiger partial charge >= 0.3 is 0 Å². The molecule has 4 rings (SSSR count). The number of piperidine rings is 1. The molecule has 2 aromatic rings. The third kappa shape index (κ3) is 6.98. The Morgan fingerprint density at radius 2 is 1.82 bits per heavy atom. The van der Waals surface area contributed by atoms with Crippen LogP contribution < -0.4 is 5.32 Å². The van der Waals surface area contributed by atoms with Crippen LogP contribution in [0.2, 0.25) is 0 Å². The fraction of sp³-hybridized carbons (Fsp3) is 0.679. The molecule has 0 spiro atoms. The number of carbonyl (C=O) groups excluding carboxylic acids is 2. The van der Waals surface area contributed by atoms with Crippen LogP contribution in [0.25, 0.3) is 11.0 Å². The van der Waals surface area contributed by atoms with E-state index in [1.165, 1.54) is 16.6 Å². The van der Waals surface area contributed by atoms with E-state index in [0.29, 0.717) is 51.9 Å². The van der Waals surface area contributed by atoms with Crippen molar-refractivity contribution in [2.24, 2.45) is 0 Å². The molecule has 1 N–H and O–H groups in total. The number of hydrazine groups is 1. The summed E-state index contributed by atoms with van der Waals surface area (Å²) in [4.78, 5) is 30.7. The Morgan fingerprint density at radius 1 is 1.08 bits per heavy atom. The zero-order valence-corrected chi connectivity index (χ0v) is 23.4. The highest BCUT2D eigenvalue weighted by molar-refractivity contribution is 5.83. The van der Waals surface area contributed by atoms with Crippen LogP contribution in [0.3, 0.4) is 0 Å². The second kappa shape index (κ2) is 13.6. The van der Waals surface area contributed by atoms with Gasteiger partial charge < -0.3 is 24.3 Å². The predicted molar refractivity (Wildman–Crippen MR) is 147 cm³/mol. The highest BCUT2D eigenvalue weighted by Crippen LogP contribution is 2.37. The standard InChI is InChI=1S/C28H44N6O4/c1-21(35)10-16-37-18-19-38-17-12-29-23-7-13-33(14-8-23)26(36)9-15-34-25-20-31(3)32(4)22(2)27(25)24-6-5-11-30-28(24)34/h5-6,11,22-23,29H,7-10,12-20H2,1-4H3. The van der Waals surface area contributed by atoms with Crippen molar-refractivity contribution in [1.82, 2.24) is 29.8 Å². The maximum Gasteiger partial charge on any atom is 0.224 e. The lowest BCUT2D eigenvalue weighted by Gasteiger charge is -2.39. The Bertz CT molecular complexity index is 1080. The van der Waals surface area contributed by atoms with Crippen LogP contribution in [-0.4, -0.2) is 102 Å². The molecule has 1 atom stereocenters. The normalized spacial score (nSPS) is 19.3. The van der Waals surface area contributed by atoms with E-state index in [-0.39, 0.29) is 17.7 Å². The Labute approximate surface area is 226 Å². The second-order valence-corrected chi connectivity index (χ2v) is 10.5. The average Bonchev–Trinajstić information content (AvgIpc) is 3.22. The molecule has 2 aliphatic heterocycles. The summed E-state index contributed by atoms with van der Waals surface area (Å²) >= 11 is 0. The van der Waals surface area contributed by atoms with Crippen molar-refractivity contribution in [1.29, 1.82) is 0 Å². The molecule has 1 fully saturated rings. The summed E-state index contributed by atoms with van der Waals surface area (Å²) in [5.74, 6) is 0.363. The van der Waals surface area contributed by atoms with Crippen LogP contribution in [0.5, 0.6) is 0 Å². The first-order chi connectivity index (χ1) is 18.4. The number of hydrogen-bond donors (Lipinski definition) is 1. The van der Waals surface area contributed by atoms with E-state index >= 15 is 0 Å². The number of rotatable bonds is 13. The van der Waals surface area contributed by atoms with Crippen LogP contribution in [0.4, 0.5) is 0 Å². The molecule has 0 radical (unpaired) electrons. The molecule has 0 saturated carbocycles. The van der Waals surface area contributed by atoms with E-state index in [0.717, 1.165) is 44.7 Å². The first kappa shape index (κ1) is 28.6. The van der Waals surface area contributed by atoms with Gasteiger partial charge in [0.05, 0.1) is 33.0 Å². The number of pyridine rings is 1. The number of aromatic nitrogens is 2. The summed E-state index contributed by atoms with van der Waals surface area (Å²) < 4.78 is 13.2. The summed E-state index contributed by atoms with van der Waals surface area (Å²) in [6, 6.07) is 4.83. The molecule has 10 heteroatoms. The van der Waals surface area contributed by atoms with Crippen LogP contribution in [0, 0.1) is 0 Å². The van der Waals surface area contributed by atoms with Crippen LogP contribution in [0.15, 0.2) is 18.3 Å². The summed E-state index contributed by atoms with van der Waals surface area (Å²) in [7, 11) is 4.23. The first-order valence-corrected chi connectivity index (χ1v) is 13.9. The maximum atomic E-state index is 13.1. The number of fused-ring (bicyclic) bond motifs is 3. The minimum absolute atomic E-state index is 0.143. The van der Waals surface area contributed by atoms with Crippen molar-refractivity contribution in [3.8, 4) is 0 Å². The van der Waals surface area contributed by atoms with Gasteiger partial charge in [-0.25, -0.2) is 15.0 Å². The lowest BCUT2D eigenvalue weighted by Crippen LogP contribution is -2.45. The molecule has 0 aromatic carbocycles. The van der Waals surface area contributed by atoms with E-state index in [1.807, 2.05) is 17.2 Å². The quantitative estimate of drug-likeness (QED) is 0.396. The van der Waals surface area contributed by atoms with E-state index in [9.17, 15) is 9.59 Å². The minimum Gasteiger partial charge on any atom is -0.379 e. The smallest absolute Gasteiger partial charge is 0.224 e. The van der Waals surface area contributed by atoms with Gasteiger partial charge in [0.25, 0.3) is 0 Å². The SMILES string of the molecule is CC(=O)CCOCCOCCNC1CCN(C(=O)CCn2c3c(c4cccnc42)C(C)N(C)N(C)C3)CC1. The number of amides is 1. The van der Waals surface area contributed by atoms with E-state index < -0.39 is 0 Å². The maximum absolute atomic E-state index is 13.1. The fourth-order valence-corrected chi connectivity index (χ4v) is 5.51. The number of carbonyl (C=O) groups is 2. The number of ether oxygens (including phenoxy) is 2. The lowest BCUT2D eigenvalue weighted by atomic mass is 10.0. The molecule has 1 amide bonds. The van der Waals surface area contributed by atoms with Crippen molar-refractivity contribution in [3.05, 3.63) is 29.6 Å². The number of hydrogen-bond acceptors (Lipinski definition) is 8. The van der Waals surface area contributed by atoms with Crippen molar-refractivity contribution in [3.63, 3.8) is 0 Å². The van der Waals surface area contributed by atoms with Crippen LogP contribution in [-0.2, 0) is 32.2 Å². The highest BCUT2D eigenvalue weighted by atomic mass is 16.5. The van der Waals surface area contributed by atoms with Gasteiger partial charge in [-0.1, -0.05) is 0 Å². The molecule has 38 heavy (non-hydrogen) atoms.